The summed E-state index contributed by atoms with van der Waals surface area (Å²) in [7, 11) is 2.13. The molecular formula is C11H13ClN2. The molecule has 0 atom stereocenters. The summed E-state index contributed by atoms with van der Waals surface area (Å²) in [4.78, 5) is 6.32. The van der Waals surface area contributed by atoms with Gasteiger partial charge in [0.15, 0.2) is 0 Å². The van der Waals surface area contributed by atoms with E-state index in [1.54, 1.807) is 6.20 Å². The van der Waals surface area contributed by atoms with Crippen LogP contribution in [-0.4, -0.2) is 30.0 Å². The maximum atomic E-state index is 5.69. The van der Waals surface area contributed by atoms with Gasteiger partial charge < -0.3 is 4.90 Å². The average Bonchev–Trinajstić information content (AvgIpc) is 2.13. The SMILES string of the molecule is CN1CC(/C=C/c2ccc(Cl)nc2)C1. The Kier molecular flexibility index (Phi) is 2.85. The van der Waals surface area contributed by atoms with Crippen molar-refractivity contribution in [2.45, 2.75) is 0 Å². The molecule has 1 aliphatic heterocycles. The highest BCUT2D eigenvalue weighted by atomic mass is 35.5. The zero-order valence-electron chi connectivity index (χ0n) is 8.15. The van der Waals surface area contributed by atoms with Crippen LogP contribution in [0, 0.1) is 5.92 Å². The second kappa shape index (κ2) is 4.11. The summed E-state index contributed by atoms with van der Waals surface area (Å²) in [5, 5.41) is 0.547. The Balaban J connectivity index is 1.94. The fraction of sp³-hybridized carbons (Fsp3) is 0.364. The van der Waals surface area contributed by atoms with Crippen molar-refractivity contribution in [1.29, 1.82) is 0 Å². The molecule has 0 radical (unpaired) electrons. The van der Waals surface area contributed by atoms with E-state index in [-0.39, 0.29) is 0 Å². The molecule has 1 aromatic rings. The van der Waals surface area contributed by atoms with Crippen molar-refractivity contribution < 1.29 is 0 Å². The summed E-state index contributed by atoms with van der Waals surface area (Å²) in [5.74, 6) is 0.704. The highest BCUT2D eigenvalue weighted by Gasteiger charge is 2.19. The van der Waals surface area contributed by atoms with Gasteiger partial charge in [0.05, 0.1) is 0 Å². The minimum atomic E-state index is 0.547. The topological polar surface area (TPSA) is 16.1 Å². The third-order valence-corrected chi connectivity index (χ3v) is 2.63. The Morgan fingerprint density at radius 3 is 2.86 bits per heavy atom. The molecule has 0 N–H and O–H groups in total. The molecule has 1 aliphatic rings. The van der Waals surface area contributed by atoms with Crippen LogP contribution in [0.15, 0.2) is 24.4 Å². The van der Waals surface area contributed by atoms with Crippen LogP contribution < -0.4 is 0 Å². The maximum Gasteiger partial charge on any atom is 0.129 e. The number of nitrogens with zero attached hydrogens (tertiary/aromatic N) is 2. The molecule has 0 unspecified atom stereocenters. The zero-order chi connectivity index (χ0) is 9.97. The molecule has 0 amide bonds. The number of pyridine rings is 1. The van der Waals surface area contributed by atoms with Gasteiger partial charge in [-0.25, -0.2) is 4.98 Å². The van der Waals surface area contributed by atoms with E-state index in [1.807, 2.05) is 12.1 Å². The quantitative estimate of drug-likeness (QED) is 0.694. The number of hydrogen-bond acceptors (Lipinski definition) is 2. The Morgan fingerprint density at radius 2 is 2.29 bits per heavy atom. The minimum absolute atomic E-state index is 0.547. The lowest BCUT2D eigenvalue weighted by atomic mass is 10.00. The number of likely N-dealkylation sites (tertiary alicyclic amines) is 1. The van der Waals surface area contributed by atoms with Crippen molar-refractivity contribution in [3.63, 3.8) is 0 Å². The second-order valence-corrected chi connectivity index (χ2v) is 4.14. The monoisotopic (exact) mass is 208 g/mol. The first-order chi connectivity index (χ1) is 6.74. The fourth-order valence-corrected chi connectivity index (χ4v) is 1.71. The second-order valence-electron chi connectivity index (χ2n) is 3.75. The molecule has 3 heteroatoms. The fourth-order valence-electron chi connectivity index (χ4n) is 1.60. The predicted molar refractivity (Wildman–Crippen MR) is 59.3 cm³/mol. The van der Waals surface area contributed by atoms with Crippen molar-refractivity contribution in [3.05, 3.63) is 35.1 Å². The van der Waals surface area contributed by atoms with Crippen LogP contribution in [0.3, 0.4) is 0 Å². The van der Waals surface area contributed by atoms with Crippen LogP contribution in [0.4, 0.5) is 0 Å². The molecule has 1 aromatic heterocycles. The van der Waals surface area contributed by atoms with Gasteiger partial charge in [-0.3, -0.25) is 0 Å². The molecule has 2 heterocycles. The smallest absolute Gasteiger partial charge is 0.129 e. The summed E-state index contributed by atoms with van der Waals surface area (Å²) in [6.07, 6.45) is 6.15. The Morgan fingerprint density at radius 1 is 1.50 bits per heavy atom. The highest BCUT2D eigenvalue weighted by Crippen LogP contribution is 2.16. The van der Waals surface area contributed by atoms with Gasteiger partial charge in [-0.05, 0) is 18.7 Å². The molecule has 0 saturated carbocycles. The van der Waals surface area contributed by atoms with Crippen LogP contribution in [0.5, 0.6) is 0 Å². The van der Waals surface area contributed by atoms with Crippen LogP contribution in [0.2, 0.25) is 5.15 Å². The van der Waals surface area contributed by atoms with E-state index >= 15 is 0 Å². The van der Waals surface area contributed by atoms with E-state index < -0.39 is 0 Å². The summed E-state index contributed by atoms with van der Waals surface area (Å²) in [5.41, 5.74) is 1.11. The summed E-state index contributed by atoms with van der Waals surface area (Å²) >= 11 is 5.69. The molecule has 1 saturated heterocycles. The van der Waals surface area contributed by atoms with E-state index in [2.05, 4.69) is 29.1 Å². The normalized spacial score (nSPS) is 18.7. The molecular weight excluding hydrogens is 196 g/mol. The Hall–Kier alpha value is -0.860. The molecule has 0 aliphatic carbocycles. The van der Waals surface area contributed by atoms with Gasteiger partial charge >= 0.3 is 0 Å². The van der Waals surface area contributed by atoms with Crippen LogP contribution >= 0.6 is 11.6 Å². The van der Waals surface area contributed by atoms with E-state index in [0.29, 0.717) is 11.1 Å². The lowest BCUT2D eigenvalue weighted by molar-refractivity contribution is 0.170. The zero-order valence-corrected chi connectivity index (χ0v) is 8.91. The lowest BCUT2D eigenvalue weighted by Gasteiger charge is -2.34. The molecule has 74 valence electrons. The molecule has 0 bridgehead atoms. The van der Waals surface area contributed by atoms with Crippen LogP contribution in [0.25, 0.3) is 6.08 Å². The number of halogens is 1. The van der Waals surface area contributed by atoms with Crippen molar-refractivity contribution in [1.82, 2.24) is 9.88 Å². The largest absolute Gasteiger partial charge is 0.305 e. The Bertz CT molecular complexity index is 326. The highest BCUT2D eigenvalue weighted by molar-refractivity contribution is 6.29. The average molecular weight is 209 g/mol. The third kappa shape index (κ3) is 2.34. The lowest BCUT2D eigenvalue weighted by Crippen LogP contribution is -2.42. The first kappa shape index (κ1) is 9.69. The minimum Gasteiger partial charge on any atom is -0.305 e. The van der Waals surface area contributed by atoms with E-state index in [0.717, 1.165) is 18.7 Å². The molecule has 14 heavy (non-hydrogen) atoms. The Labute approximate surface area is 89.2 Å². The van der Waals surface area contributed by atoms with Gasteiger partial charge in [0.25, 0.3) is 0 Å². The van der Waals surface area contributed by atoms with E-state index in [1.165, 1.54) is 0 Å². The van der Waals surface area contributed by atoms with Crippen LogP contribution in [0.1, 0.15) is 5.56 Å². The first-order valence-corrected chi connectivity index (χ1v) is 5.10. The summed E-state index contributed by atoms with van der Waals surface area (Å²) in [6, 6.07) is 3.79. The number of aromatic nitrogens is 1. The first-order valence-electron chi connectivity index (χ1n) is 4.72. The summed E-state index contributed by atoms with van der Waals surface area (Å²) < 4.78 is 0. The van der Waals surface area contributed by atoms with Gasteiger partial charge in [0.1, 0.15) is 5.15 Å². The standard InChI is InChI=1S/C11H13ClN2/c1-14-7-10(8-14)3-2-9-4-5-11(12)13-6-9/h2-6,10H,7-8H2,1H3/b3-2+. The van der Waals surface area contributed by atoms with Gasteiger partial charge in [-0.15, -0.1) is 0 Å². The molecule has 2 rings (SSSR count). The van der Waals surface area contributed by atoms with Crippen molar-refractivity contribution in [2.24, 2.45) is 5.92 Å². The van der Waals surface area contributed by atoms with E-state index in [4.69, 9.17) is 11.6 Å². The van der Waals surface area contributed by atoms with Crippen molar-refractivity contribution in [3.8, 4) is 0 Å². The number of rotatable bonds is 2. The van der Waals surface area contributed by atoms with Crippen molar-refractivity contribution >= 4 is 17.7 Å². The van der Waals surface area contributed by atoms with Crippen LogP contribution in [-0.2, 0) is 0 Å². The van der Waals surface area contributed by atoms with E-state index in [9.17, 15) is 0 Å². The molecule has 1 fully saturated rings. The maximum absolute atomic E-state index is 5.69. The predicted octanol–water partition coefficient (Wildman–Crippen LogP) is 2.31. The molecule has 2 nitrogen and oxygen atoms in total. The molecule has 0 aromatic carbocycles. The third-order valence-electron chi connectivity index (χ3n) is 2.40. The van der Waals surface area contributed by atoms with Gasteiger partial charge in [-0.1, -0.05) is 29.8 Å². The number of hydrogen-bond donors (Lipinski definition) is 0. The van der Waals surface area contributed by atoms with Gasteiger partial charge in [-0.2, -0.15) is 0 Å². The molecule has 0 spiro atoms. The van der Waals surface area contributed by atoms with Gasteiger partial charge in [0.2, 0.25) is 0 Å². The van der Waals surface area contributed by atoms with Gasteiger partial charge in [0, 0.05) is 25.2 Å². The summed E-state index contributed by atoms with van der Waals surface area (Å²) in [6.45, 7) is 2.33. The van der Waals surface area contributed by atoms with Crippen molar-refractivity contribution in [2.75, 3.05) is 20.1 Å².